The third-order valence-electron chi connectivity index (χ3n) is 4.03. The Balaban J connectivity index is 1.80. The fraction of sp³-hybridized carbons (Fsp3) is 0.238. The van der Waals surface area contributed by atoms with E-state index < -0.39 is 0 Å². The second-order valence-corrected chi connectivity index (χ2v) is 8.59. The van der Waals surface area contributed by atoms with Crippen molar-refractivity contribution in [3.05, 3.63) is 68.5 Å². The second-order valence-electron chi connectivity index (χ2n) is 6.75. The van der Waals surface area contributed by atoms with Gasteiger partial charge in [0, 0.05) is 27.7 Å². The van der Waals surface area contributed by atoms with E-state index >= 15 is 0 Å². The third-order valence-corrected chi connectivity index (χ3v) is 5.52. The molecule has 0 atom stereocenters. The van der Waals surface area contributed by atoms with E-state index in [-0.39, 0.29) is 23.7 Å². The molecule has 4 nitrogen and oxygen atoms in total. The standard InChI is InChI=1S/C21H19Cl2NO3S/c1-13(2)11-24-20(25)19(28-21(24)26)9-14-5-3-4-6-18(14)27-12-15-7-8-16(22)10-17(15)23/h3-10,13H,11-12H2,1-2H3. The van der Waals surface area contributed by atoms with Gasteiger partial charge in [-0.25, -0.2) is 0 Å². The Bertz CT molecular complexity index is 943. The molecule has 1 aliphatic heterocycles. The number of thioether (sulfide) groups is 1. The molecular formula is C21H19Cl2NO3S. The summed E-state index contributed by atoms with van der Waals surface area (Å²) in [6.45, 7) is 4.61. The summed E-state index contributed by atoms with van der Waals surface area (Å²) in [6, 6.07) is 12.6. The van der Waals surface area contributed by atoms with Crippen molar-refractivity contribution in [1.82, 2.24) is 4.90 Å². The highest BCUT2D eigenvalue weighted by atomic mass is 35.5. The summed E-state index contributed by atoms with van der Waals surface area (Å²) in [5, 5.41) is 0.849. The monoisotopic (exact) mass is 435 g/mol. The molecule has 1 fully saturated rings. The lowest BCUT2D eigenvalue weighted by atomic mass is 10.1. The molecule has 2 aromatic rings. The summed E-state index contributed by atoms with van der Waals surface area (Å²) in [6.07, 6.45) is 1.70. The zero-order valence-corrected chi connectivity index (χ0v) is 17.8. The van der Waals surface area contributed by atoms with Gasteiger partial charge in [0.25, 0.3) is 11.1 Å². The summed E-state index contributed by atoms with van der Waals surface area (Å²) in [7, 11) is 0. The zero-order chi connectivity index (χ0) is 20.3. The van der Waals surface area contributed by atoms with E-state index in [0.29, 0.717) is 27.2 Å². The number of hydrogen-bond donors (Lipinski definition) is 0. The lowest BCUT2D eigenvalue weighted by molar-refractivity contribution is -0.123. The number of benzene rings is 2. The minimum atomic E-state index is -0.265. The number of nitrogens with zero attached hydrogens (tertiary/aromatic N) is 1. The van der Waals surface area contributed by atoms with E-state index in [2.05, 4.69) is 0 Å². The van der Waals surface area contributed by atoms with Gasteiger partial charge in [0.15, 0.2) is 0 Å². The predicted molar refractivity (Wildman–Crippen MR) is 115 cm³/mol. The smallest absolute Gasteiger partial charge is 0.293 e. The molecule has 0 N–H and O–H groups in total. The van der Waals surface area contributed by atoms with Crippen LogP contribution in [0.25, 0.3) is 6.08 Å². The minimum Gasteiger partial charge on any atom is -0.488 e. The fourth-order valence-electron chi connectivity index (χ4n) is 2.69. The van der Waals surface area contributed by atoms with Gasteiger partial charge in [0.1, 0.15) is 12.4 Å². The number of hydrogen-bond acceptors (Lipinski definition) is 4. The van der Waals surface area contributed by atoms with Gasteiger partial charge >= 0.3 is 0 Å². The van der Waals surface area contributed by atoms with Gasteiger partial charge in [-0.2, -0.15) is 0 Å². The summed E-state index contributed by atoms with van der Waals surface area (Å²) in [5.41, 5.74) is 1.53. The Hall–Kier alpha value is -1.95. The number of ether oxygens (including phenoxy) is 1. The molecule has 3 rings (SSSR count). The molecule has 1 saturated heterocycles. The van der Waals surface area contributed by atoms with Crippen LogP contribution < -0.4 is 4.74 Å². The van der Waals surface area contributed by atoms with E-state index in [1.807, 2.05) is 44.2 Å². The van der Waals surface area contributed by atoms with Crippen LogP contribution in [0.15, 0.2) is 47.4 Å². The van der Waals surface area contributed by atoms with E-state index in [9.17, 15) is 9.59 Å². The normalized spacial score (nSPS) is 15.8. The molecule has 2 aromatic carbocycles. The first-order valence-corrected chi connectivity index (χ1v) is 10.3. The maximum absolute atomic E-state index is 12.6. The van der Waals surface area contributed by atoms with Crippen LogP contribution >= 0.6 is 35.0 Å². The fourth-order valence-corrected chi connectivity index (χ4v) is 3.99. The number of amides is 2. The molecule has 1 heterocycles. The number of carbonyl (C=O) groups is 2. The Morgan fingerprint density at radius 2 is 1.89 bits per heavy atom. The molecule has 7 heteroatoms. The minimum absolute atomic E-state index is 0.215. The molecule has 146 valence electrons. The van der Waals surface area contributed by atoms with Crippen molar-refractivity contribution in [2.75, 3.05) is 6.54 Å². The van der Waals surface area contributed by atoms with E-state index in [4.69, 9.17) is 27.9 Å². The summed E-state index contributed by atoms with van der Waals surface area (Å²) in [4.78, 5) is 26.4. The Labute approximate surface area is 178 Å². The van der Waals surface area contributed by atoms with Crippen LogP contribution in [0, 0.1) is 5.92 Å². The highest BCUT2D eigenvalue weighted by molar-refractivity contribution is 8.18. The lowest BCUT2D eigenvalue weighted by Gasteiger charge is -2.14. The molecule has 0 bridgehead atoms. The molecular weight excluding hydrogens is 417 g/mol. The molecule has 0 saturated carbocycles. The van der Waals surface area contributed by atoms with Gasteiger partial charge in [-0.1, -0.05) is 61.3 Å². The number of para-hydroxylation sites is 1. The lowest BCUT2D eigenvalue weighted by Crippen LogP contribution is -2.31. The van der Waals surface area contributed by atoms with Crippen LogP contribution in [-0.4, -0.2) is 22.6 Å². The topological polar surface area (TPSA) is 46.6 Å². The molecule has 2 amide bonds. The van der Waals surface area contributed by atoms with E-state index in [1.165, 1.54) is 4.90 Å². The van der Waals surface area contributed by atoms with Crippen molar-refractivity contribution >= 4 is 52.2 Å². The predicted octanol–water partition coefficient (Wildman–Crippen LogP) is 6.26. The average Bonchev–Trinajstić information content (AvgIpc) is 2.89. The molecule has 1 aliphatic rings. The van der Waals surface area contributed by atoms with Crippen molar-refractivity contribution in [2.45, 2.75) is 20.5 Å². The first kappa shape index (κ1) is 20.8. The second kappa shape index (κ2) is 9.03. The third kappa shape index (κ3) is 4.90. The van der Waals surface area contributed by atoms with Crippen LogP contribution in [0.4, 0.5) is 4.79 Å². The Morgan fingerprint density at radius 3 is 2.61 bits per heavy atom. The first-order valence-electron chi connectivity index (χ1n) is 8.76. The summed E-state index contributed by atoms with van der Waals surface area (Å²) < 4.78 is 5.92. The molecule has 0 unspecified atom stereocenters. The highest BCUT2D eigenvalue weighted by Crippen LogP contribution is 2.34. The number of carbonyl (C=O) groups excluding carboxylic acids is 2. The maximum atomic E-state index is 12.6. The van der Waals surface area contributed by atoms with Crippen LogP contribution in [0.5, 0.6) is 5.75 Å². The molecule has 0 radical (unpaired) electrons. The number of rotatable bonds is 6. The average molecular weight is 436 g/mol. The van der Waals surface area contributed by atoms with Gasteiger partial charge in [-0.05, 0) is 42.0 Å². The van der Waals surface area contributed by atoms with E-state index in [0.717, 1.165) is 22.9 Å². The van der Waals surface area contributed by atoms with Crippen LogP contribution in [0.3, 0.4) is 0 Å². The van der Waals surface area contributed by atoms with Crippen molar-refractivity contribution < 1.29 is 14.3 Å². The highest BCUT2D eigenvalue weighted by Gasteiger charge is 2.35. The van der Waals surface area contributed by atoms with Crippen molar-refractivity contribution in [3.8, 4) is 5.75 Å². The van der Waals surface area contributed by atoms with Crippen LogP contribution in [-0.2, 0) is 11.4 Å². The molecule has 0 aliphatic carbocycles. The molecule has 0 aromatic heterocycles. The largest absolute Gasteiger partial charge is 0.488 e. The van der Waals surface area contributed by atoms with Crippen molar-refractivity contribution in [3.63, 3.8) is 0 Å². The van der Waals surface area contributed by atoms with Gasteiger partial charge < -0.3 is 4.74 Å². The number of imide groups is 1. The first-order chi connectivity index (χ1) is 13.3. The zero-order valence-electron chi connectivity index (χ0n) is 15.4. The molecule has 0 spiro atoms. The van der Waals surface area contributed by atoms with Gasteiger partial charge in [0.05, 0.1) is 4.91 Å². The Kier molecular flexibility index (Phi) is 6.70. The van der Waals surface area contributed by atoms with E-state index in [1.54, 1.807) is 18.2 Å². The summed E-state index contributed by atoms with van der Waals surface area (Å²) in [5.74, 6) is 0.552. The number of halogens is 2. The summed E-state index contributed by atoms with van der Waals surface area (Å²) >= 11 is 13.1. The molecule has 28 heavy (non-hydrogen) atoms. The van der Waals surface area contributed by atoms with Gasteiger partial charge in [-0.3, -0.25) is 14.5 Å². The van der Waals surface area contributed by atoms with Gasteiger partial charge in [-0.15, -0.1) is 0 Å². The van der Waals surface area contributed by atoms with Gasteiger partial charge in [0.2, 0.25) is 0 Å². The van der Waals surface area contributed by atoms with Crippen molar-refractivity contribution in [2.24, 2.45) is 5.92 Å². The SMILES string of the molecule is CC(C)CN1C(=O)SC(=Cc2ccccc2OCc2ccc(Cl)cc2Cl)C1=O. The Morgan fingerprint density at radius 1 is 1.14 bits per heavy atom. The van der Waals surface area contributed by atoms with Crippen molar-refractivity contribution in [1.29, 1.82) is 0 Å². The van der Waals surface area contributed by atoms with Crippen LogP contribution in [0.2, 0.25) is 10.0 Å². The maximum Gasteiger partial charge on any atom is 0.293 e. The quantitative estimate of drug-likeness (QED) is 0.501. The van der Waals surface area contributed by atoms with Crippen LogP contribution in [0.1, 0.15) is 25.0 Å².